The molecule has 0 spiro atoms. The van der Waals surface area contributed by atoms with Crippen LogP contribution in [0.25, 0.3) is 0 Å². The summed E-state index contributed by atoms with van der Waals surface area (Å²) < 4.78 is 0. The van der Waals surface area contributed by atoms with E-state index in [1.807, 2.05) is 45.1 Å². The third-order valence-electron chi connectivity index (χ3n) is 5.00. The van der Waals surface area contributed by atoms with Crippen molar-refractivity contribution in [2.45, 2.75) is 34.6 Å². The Hall–Kier alpha value is -3.78. The normalized spacial score (nSPS) is 10.9. The van der Waals surface area contributed by atoms with Crippen molar-refractivity contribution in [2.24, 2.45) is 0 Å². The molecular formula is C31H36N2. The highest BCUT2D eigenvalue weighted by Crippen LogP contribution is 2.36. The van der Waals surface area contributed by atoms with Gasteiger partial charge >= 0.3 is 0 Å². The molecular weight excluding hydrogens is 400 g/mol. The lowest BCUT2D eigenvalue weighted by Gasteiger charge is -2.28. The van der Waals surface area contributed by atoms with Crippen molar-refractivity contribution in [3.63, 3.8) is 0 Å². The number of allylic oxidation sites excluding steroid dienone is 5. The highest BCUT2D eigenvalue weighted by Gasteiger charge is 2.15. The van der Waals surface area contributed by atoms with Crippen LogP contribution in [0.3, 0.4) is 0 Å². The first-order chi connectivity index (χ1) is 16.0. The van der Waals surface area contributed by atoms with Crippen LogP contribution in [0.15, 0.2) is 128 Å². The van der Waals surface area contributed by atoms with E-state index >= 15 is 0 Å². The highest BCUT2D eigenvalue weighted by molar-refractivity contribution is 5.78. The summed E-state index contributed by atoms with van der Waals surface area (Å²) in [6.07, 6.45) is 7.80. The number of hydrogen-bond acceptors (Lipinski definition) is 2. The Bertz CT molecular complexity index is 1090. The van der Waals surface area contributed by atoms with Gasteiger partial charge in [0.2, 0.25) is 0 Å². The number of aryl methyl sites for hydroxylation is 1. The zero-order valence-electron chi connectivity index (χ0n) is 20.6. The average molecular weight is 437 g/mol. The number of hydrogen-bond donors (Lipinski definition) is 0. The van der Waals surface area contributed by atoms with Crippen molar-refractivity contribution in [1.82, 2.24) is 0 Å². The van der Waals surface area contributed by atoms with Crippen LogP contribution in [0.4, 0.5) is 22.7 Å². The highest BCUT2D eigenvalue weighted by atomic mass is 15.2. The number of anilines is 4. The molecule has 0 aliphatic carbocycles. The largest absolute Gasteiger partial charge is 0.315 e. The first-order valence-electron chi connectivity index (χ1n) is 11.5. The summed E-state index contributed by atoms with van der Waals surface area (Å²) in [5.41, 5.74) is 7.61. The van der Waals surface area contributed by atoms with Gasteiger partial charge in [0.15, 0.2) is 0 Å². The van der Waals surface area contributed by atoms with Crippen LogP contribution >= 0.6 is 0 Å². The van der Waals surface area contributed by atoms with Crippen molar-refractivity contribution < 1.29 is 0 Å². The van der Waals surface area contributed by atoms with Crippen LogP contribution in [0.5, 0.6) is 0 Å². The summed E-state index contributed by atoms with van der Waals surface area (Å²) in [5, 5.41) is 0. The minimum atomic E-state index is 0.907. The zero-order chi connectivity index (χ0) is 24.2. The van der Waals surface area contributed by atoms with Gasteiger partial charge in [0.05, 0.1) is 0 Å². The Morgan fingerprint density at radius 1 is 0.788 bits per heavy atom. The molecule has 0 aliphatic heterocycles. The van der Waals surface area contributed by atoms with Crippen molar-refractivity contribution in [1.29, 1.82) is 0 Å². The Labute approximate surface area is 200 Å². The predicted octanol–water partition coefficient (Wildman–Crippen LogP) is 9.48. The summed E-state index contributed by atoms with van der Waals surface area (Å²) in [4.78, 5) is 4.40. The molecule has 0 aliphatic rings. The predicted molar refractivity (Wildman–Crippen MR) is 148 cm³/mol. The molecule has 0 fully saturated rings. The van der Waals surface area contributed by atoms with Crippen molar-refractivity contribution in [3.8, 4) is 0 Å². The molecule has 3 rings (SSSR count). The standard InChI is InChI=1S/C29H30N2.C2H6/c1-6-12-24(4)30(25(5)13-7-2)27-18-20-28(21-19-27)31(26-15-9-8-10-16-26)29-17-11-14-23(3)22-29;1-2/h6-22H,1,5H2,2-4H3;1-2H3/b13-7-,24-12+;. The summed E-state index contributed by atoms with van der Waals surface area (Å²) in [6, 6.07) is 27.6. The topological polar surface area (TPSA) is 6.48 Å². The fraction of sp³-hybridized carbons (Fsp3) is 0.161. The second-order valence-electron chi connectivity index (χ2n) is 7.40. The number of benzene rings is 3. The minimum absolute atomic E-state index is 0.907. The van der Waals surface area contributed by atoms with Gasteiger partial charge in [-0.1, -0.05) is 69.5 Å². The maximum atomic E-state index is 4.24. The second-order valence-corrected chi connectivity index (χ2v) is 7.40. The molecule has 0 radical (unpaired) electrons. The van der Waals surface area contributed by atoms with E-state index in [1.165, 1.54) is 5.56 Å². The van der Waals surface area contributed by atoms with Gasteiger partial charge in [0.25, 0.3) is 0 Å². The molecule has 2 heteroatoms. The Morgan fingerprint density at radius 3 is 1.94 bits per heavy atom. The molecule has 170 valence electrons. The van der Waals surface area contributed by atoms with Gasteiger partial charge in [0, 0.05) is 34.1 Å². The molecule has 0 amide bonds. The van der Waals surface area contributed by atoms with Crippen LogP contribution < -0.4 is 9.80 Å². The molecule has 3 aromatic carbocycles. The fourth-order valence-corrected chi connectivity index (χ4v) is 3.65. The average Bonchev–Trinajstić information content (AvgIpc) is 2.83. The molecule has 33 heavy (non-hydrogen) atoms. The van der Waals surface area contributed by atoms with E-state index in [9.17, 15) is 0 Å². The molecule has 3 aromatic rings. The summed E-state index contributed by atoms with van der Waals surface area (Å²) in [6.45, 7) is 18.3. The monoisotopic (exact) mass is 436 g/mol. The molecule has 0 saturated heterocycles. The van der Waals surface area contributed by atoms with Crippen molar-refractivity contribution in [3.05, 3.63) is 133 Å². The van der Waals surface area contributed by atoms with Gasteiger partial charge in [0.1, 0.15) is 0 Å². The molecule has 0 bridgehead atoms. The third-order valence-corrected chi connectivity index (χ3v) is 5.00. The molecule has 0 N–H and O–H groups in total. The van der Waals surface area contributed by atoms with E-state index in [2.05, 4.69) is 110 Å². The van der Waals surface area contributed by atoms with Gasteiger partial charge in [-0.05, 0) is 87.0 Å². The van der Waals surface area contributed by atoms with Gasteiger partial charge in [-0.25, -0.2) is 0 Å². The number of para-hydroxylation sites is 1. The van der Waals surface area contributed by atoms with E-state index in [0.717, 1.165) is 34.1 Å². The van der Waals surface area contributed by atoms with E-state index in [4.69, 9.17) is 0 Å². The second kappa shape index (κ2) is 12.9. The molecule has 0 saturated carbocycles. The van der Waals surface area contributed by atoms with Crippen LogP contribution in [-0.4, -0.2) is 0 Å². The smallest absolute Gasteiger partial charge is 0.0464 e. The van der Waals surface area contributed by atoms with Crippen LogP contribution in [0.2, 0.25) is 0 Å². The lowest BCUT2D eigenvalue weighted by Crippen LogP contribution is -2.18. The number of rotatable bonds is 8. The van der Waals surface area contributed by atoms with Crippen molar-refractivity contribution in [2.75, 3.05) is 9.80 Å². The van der Waals surface area contributed by atoms with Gasteiger partial charge in [-0.2, -0.15) is 0 Å². The lowest BCUT2D eigenvalue weighted by atomic mass is 10.1. The van der Waals surface area contributed by atoms with Crippen LogP contribution in [-0.2, 0) is 0 Å². The lowest BCUT2D eigenvalue weighted by molar-refractivity contribution is 1.10. The molecule has 0 unspecified atom stereocenters. The number of nitrogens with zero attached hydrogens (tertiary/aromatic N) is 2. The Kier molecular flexibility index (Phi) is 9.98. The molecule has 0 aromatic heterocycles. The summed E-state index contributed by atoms with van der Waals surface area (Å²) in [5.74, 6) is 0. The van der Waals surface area contributed by atoms with E-state index < -0.39 is 0 Å². The van der Waals surface area contributed by atoms with Gasteiger partial charge < -0.3 is 9.80 Å². The molecule has 0 atom stereocenters. The first kappa shape index (κ1) is 25.5. The molecule has 2 nitrogen and oxygen atoms in total. The maximum Gasteiger partial charge on any atom is 0.0464 e. The zero-order valence-corrected chi connectivity index (χ0v) is 20.6. The summed E-state index contributed by atoms with van der Waals surface area (Å²) in [7, 11) is 0. The van der Waals surface area contributed by atoms with Gasteiger partial charge in [-0.15, -0.1) is 0 Å². The van der Waals surface area contributed by atoms with Gasteiger partial charge in [-0.3, -0.25) is 0 Å². The quantitative estimate of drug-likeness (QED) is 0.324. The maximum absolute atomic E-state index is 4.24. The first-order valence-corrected chi connectivity index (χ1v) is 11.5. The Morgan fingerprint density at radius 2 is 1.36 bits per heavy atom. The van der Waals surface area contributed by atoms with Crippen LogP contribution in [0, 0.1) is 6.92 Å². The van der Waals surface area contributed by atoms with E-state index in [1.54, 1.807) is 6.08 Å². The van der Waals surface area contributed by atoms with E-state index in [-0.39, 0.29) is 0 Å². The molecule has 0 heterocycles. The minimum Gasteiger partial charge on any atom is -0.315 e. The van der Waals surface area contributed by atoms with E-state index in [0.29, 0.717) is 0 Å². The Balaban J connectivity index is 0.00000187. The third kappa shape index (κ3) is 6.60. The van der Waals surface area contributed by atoms with Crippen molar-refractivity contribution >= 4 is 22.7 Å². The SMILES string of the molecule is C=C/C=C(\C)N(C(=C)/C=C\C)c1ccc(N(c2ccccc2)c2cccc(C)c2)cc1.CC. The van der Waals surface area contributed by atoms with Crippen LogP contribution in [0.1, 0.15) is 33.3 Å². The fourth-order valence-electron chi connectivity index (χ4n) is 3.65. The summed E-state index contributed by atoms with van der Waals surface area (Å²) >= 11 is 0.